The van der Waals surface area contributed by atoms with E-state index in [1.807, 2.05) is 30.9 Å². The highest BCUT2D eigenvalue weighted by atomic mass is 16.5. The molecule has 0 saturated carbocycles. The van der Waals surface area contributed by atoms with E-state index in [1.54, 1.807) is 12.4 Å². The van der Waals surface area contributed by atoms with Crippen LogP contribution in [0.1, 0.15) is 25.3 Å². The van der Waals surface area contributed by atoms with Gasteiger partial charge in [-0.3, -0.25) is 14.2 Å². The van der Waals surface area contributed by atoms with Crippen LogP contribution >= 0.6 is 0 Å². The Balaban J connectivity index is 1.68. The summed E-state index contributed by atoms with van der Waals surface area (Å²) in [5.41, 5.74) is 1.62. The van der Waals surface area contributed by atoms with Gasteiger partial charge in [0.05, 0.1) is 23.8 Å². The highest BCUT2D eigenvalue weighted by Gasteiger charge is 2.21. The first-order valence-corrected chi connectivity index (χ1v) is 8.90. The fourth-order valence-corrected chi connectivity index (χ4v) is 3.32. The van der Waals surface area contributed by atoms with Crippen LogP contribution in [0.3, 0.4) is 0 Å². The van der Waals surface area contributed by atoms with Crippen molar-refractivity contribution in [3.05, 3.63) is 40.4 Å². The number of para-hydroxylation sites is 1. The van der Waals surface area contributed by atoms with Crippen LogP contribution in [0.25, 0.3) is 10.9 Å². The Kier molecular flexibility index (Phi) is 5.48. The van der Waals surface area contributed by atoms with Gasteiger partial charge in [0.15, 0.2) is 0 Å². The number of aromatic nitrogens is 2. The number of carbonyl (C=O) groups is 1. The van der Waals surface area contributed by atoms with Gasteiger partial charge >= 0.3 is 0 Å². The number of carbonyl (C=O) groups excluding carboxylic acids is 1. The summed E-state index contributed by atoms with van der Waals surface area (Å²) in [5.74, 6) is 0.502. The van der Waals surface area contributed by atoms with E-state index < -0.39 is 0 Å². The van der Waals surface area contributed by atoms with Gasteiger partial charge in [-0.1, -0.05) is 12.1 Å². The molecule has 1 amide bonds. The Morgan fingerprint density at radius 1 is 1.44 bits per heavy atom. The number of hydrogen-bond acceptors (Lipinski definition) is 4. The number of ether oxygens (including phenoxy) is 1. The van der Waals surface area contributed by atoms with Crippen LogP contribution in [0.15, 0.2) is 29.3 Å². The molecule has 1 aliphatic rings. The highest BCUT2D eigenvalue weighted by molar-refractivity contribution is 5.80. The molecule has 1 aromatic heterocycles. The Morgan fingerprint density at radius 3 is 3.00 bits per heavy atom. The number of aryl methyl sites for hydroxylation is 2. The summed E-state index contributed by atoms with van der Waals surface area (Å²) in [4.78, 5) is 31.4. The van der Waals surface area contributed by atoms with Gasteiger partial charge in [-0.05, 0) is 31.9 Å². The molecular weight excluding hydrogens is 318 g/mol. The minimum atomic E-state index is -0.0891. The van der Waals surface area contributed by atoms with E-state index in [4.69, 9.17) is 4.74 Å². The Morgan fingerprint density at radius 2 is 2.28 bits per heavy atom. The van der Waals surface area contributed by atoms with E-state index >= 15 is 0 Å². The molecule has 6 nitrogen and oxygen atoms in total. The second-order valence-corrected chi connectivity index (χ2v) is 6.63. The normalized spacial score (nSPS) is 17.1. The van der Waals surface area contributed by atoms with E-state index in [-0.39, 0.29) is 11.5 Å². The van der Waals surface area contributed by atoms with Crippen LogP contribution in [0.2, 0.25) is 0 Å². The summed E-state index contributed by atoms with van der Waals surface area (Å²) >= 11 is 0. The molecule has 1 atom stereocenters. The average molecular weight is 343 g/mol. The van der Waals surface area contributed by atoms with Crippen LogP contribution in [-0.4, -0.2) is 46.7 Å². The topological polar surface area (TPSA) is 64.4 Å². The van der Waals surface area contributed by atoms with Crippen molar-refractivity contribution in [1.82, 2.24) is 14.5 Å². The second kappa shape index (κ2) is 7.78. The van der Waals surface area contributed by atoms with Gasteiger partial charge < -0.3 is 9.64 Å². The third-order valence-electron chi connectivity index (χ3n) is 4.86. The SMILES string of the molecule is CCN(CC1CCOC1)C(=O)CCn1cnc2c(C)cccc2c1=O. The zero-order valence-corrected chi connectivity index (χ0v) is 14.9. The van der Waals surface area contributed by atoms with Crippen molar-refractivity contribution < 1.29 is 9.53 Å². The lowest BCUT2D eigenvalue weighted by atomic mass is 10.1. The molecule has 1 aromatic carbocycles. The van der Waals surface area contributed by atoms with E-state index in [0.29, 0.717) is 30.8 Å². The maximum atomic E-state index is 12.6. The summed E-state index contributed by atoms with van der Waals surface area (Å²) in [6, 6.07) is 5.58. The van der Waals surface area contributed by atoms with Crippen LogP contribution in [0.4, 0.5) is 0 Å². The number of nitrogens with zero attached hydrogens (tertiary/aromatic N) is 3. The van der Waals surface area contributed by atoms with Gasteiger partial charge in [0, 0.05) is 38.6 Å². The van der Waals surface area contributed by atoms with Crippen LogP contribution < -0.4 is 5.56 Å². The van der Waals surface area contributed by atoms with Gasteiger partial charge in [-0.2, -0.15) is 0 Å². The maximum absolute atomic E-state index is 12.6. The van der Waals surface area contributed by atoms with Crippen LogP contribution in [-0.2, 0) is 16.1 Å². The summed E-state index contributed by atoms with van der Waals surface area (Å²) in [5, 5.41) is 0.602. The molecule has 0 bridgehead atoms. The van der Waals surface area contributed by atoms with Crippen molar-refractivity contribution in [1.29, 1.82) is 0 Å². The predicted molar refractivity (Wildman–Crippen MR) is 96.5 cm³/mol. The third-order valence-corrected chi connectivity index (χ3v) is 4.86. The average Bonchev–Trinajstić information content (AvgIpc) is 3.12. The fourth-order valence-electron chi connectivity index (χ4n) is 3.32. The van der Waals surface area contributed by atoms with Crippen molar-refractivity contribution in [2.75, 3.05) is 26.3 Å². The molecule has 134 valence electrons. The molecule has 1 saturated heterocycles. The fraction of sp³-hybridized carbons (Fsp3) is 0.526. The Bertz CT molecular complexity index is 809. The van der Waals surface area contributed by atoms with Gasteiger partial charge in [-0.25, -0.2) is 4.98 Å². The van der Waals surface area contributed by atoms with Crippen molar-refractivity contribution >= 4 is 16.8 Å². The number of benzene rings is 1. The molecule has 0 spiro atoms. The first-order valence-electron chi connectivity index (χ1n) is 8.90. The first kappa shape index (κ1) is 17.6. The number of rotatable bonds is 6. The second-order valence-electron chi connectivity index (χ2n) is 6.63. The molecule has 0 N–H and O–H groups in total. The standard InChI is InChI=1S/C19H25N3O3/c1-3-21(11-15-8-10-25-12-15)17(23)7-9-22-13-20-18-14(2)5-4-6-16(18)19(22)24/h4-6,13,15H,3,7-12H2,1-2H3. The molecule has 1 unspecified atom stereocenters. The summed E-state index contributed by atoms with van der Waals surface area (Å²) in [7, 11) is 0. The van der Waals surface area contributed by atoms with Gasteiger partial charge in [0.1, 0.15) is 0 Å². The zero-order chi connectivity index (χ0) is 17.8. The lowest BCUT2D eigenvalue weighted by Gasteiger charge is -2.24. The molecular formula is C19H25N3O3. The van der Waals surface area contributed by atoms with Crippen LogP contribution in [0.5, 0.6) is 0 Å². The molecule has 0 aliphatic carbocycles. The van der Waals surface area contributed by atoms with Crippen molar-refractivity contribution in [3.63, 3.8) is 0 Å². The van der Waals surface area contributed by atoms with E-state index in [0.717, 1.165) is 37.3 Å². The summed E-state index contributed by atoms with van der Waals surface area (Å²) < 4.78 is 6.92. The lowest BCUT2D eigenvalue weighted by Crippen LogP contribution is -2.36. The minimum absolute atomic E-state index is 0.0747. The number of amides is 1. The zero-order valence-electron chi connectivity index (χ0n) is 14.9. The molecule has 1 fully saturated rings. The van der Waals surface area contributed by atoms with Gasteiger partial charge in [0.2, 0.25) is 5.91 Å². The Hall–Kier alpha value is -2.21. The lowest BCUT2D eigenvalue weighted by molar-refractivity contribution is -0.131. The Labute approximate surface area is 147 Å². The number of fused-ring (bicyclic) bond motifs is 1. The quantitative estimate of drug-likeness (QED) is 0.804. The number of hydrogen-bond donors (Lipinski definition) is 0. The molecule has 6 heteroatoms. The monoisotopic (exact) mass is 343 g/mol. The third kappa shape index (κ3) is 3.90. The largest absolute Gasteiger partial charge is 0.381 e. The van der Waals surface area contributed by atoms with Crippen molar-refractivity contribution in [3.8, 4) is 0 Å². The molecule has 0 radical (unpaired) electrons. The first-order chi connectivity index (χ1) is 12.1. The molecule has 25 heavy (non-hydrogen) atoms. The van der Waals surface area contributed by atoms with Crippen molar-refractivity contribution in [2.24, 2.45) is 5.92 Å². The van der Waals surface area contributed by atoms with E-state index in [2.05, 4.69) is 4.98 Å². The van der Waals surface area contributed by atoms with Crippen molar-refractivity contribution in [2.45, 2.75) is 33.2 Å². The smallest absolute Gasteiger partial charge is 0.261 e. The minimum Gasteiger partial charge on any atom is -0.381 e. The molecule has 3 rings (SSSR count). The summed E-state index contributed by atoms with van der Waals surface area (Å²) in [6.07, 6.45) is 2.86. The van der Waals surface area contributed by atoms with Gasteiger partial charge in [-0.15, -0.1) is 0 Å². The summed E-state index contributed by atoms with van der Waals surface area (Å²) in [6.45, 7) is 7.21. The van der Waals surface area contributed by atoms with E-state index in [1.165, 1.54) is 4.57 Å². The molecule has 2 aromatic rings. The van der Waals surface area contributed by atoms with E-state index in [9.17, 15) is 9.59 Å². The highest BCUT2D eigenvalue weighted by Crippen LogP contribution is 2.15. The van der Waals surface area contributed by atoms with Crippen LogP contribution in [0, 0.1) is 12.8 Å². The molecule has 1 aliphatic heterocycles. The predicted octanol–water partition coefficient (Wildman–Crippen LogP) is 1.98. The maximum Gasteiger partial charge on any atom is 0.261 e. The molecule has 2 heterocycles. The van der Waals surface area contributed by atoms with Gasteiger partial charge in [0.25, 0.3) is 5.56 Å².